The van der Waals surface area contributed by atoms with E-state index in [-0.39, 0.29) is 11.7 Å². The Labute approximate surface area is 189 Å². The molecular weight excluding hydrogens is 524 g/mol. The summed E-state index contributed by atoms with van der Waals surface area (Å²) in [4.78, 5) is 12.2. The van der Waals surface area contributed by atoms with Gasteiger partial charge in [0.05, 0.1) is 11.4 Å². The summed E-state index contributed by atoms with van der Waals surface area (Å²) in [6, 6.07) is 13.9. The molecule has 0 saturated heterocycles. The minimum Gasteiger partial charge on any atom is -0.330 e. The van der Waals surface area contributed by atoms with Gasteiger partial charge in [0.2, 0.25) is 11.0 Å². The smallest absolute Gasteiger partial charge is 0.234 e. The third-order valence-electron chi connectivity index (χ3n) is 3.77. The van der Waals surface area contributed by atoms with Crippen LogP contribution in [-0.2, 0) is 4.79 Å². The van der Waals surface area contributed by atoms with Crippen molar-refractivity contribution in [2.45, 2.75) is 24.1 Å². The van der Waals surface area contributed by atoms with Crippen LogP contribution in [0.15, 0.2) is 55.7 Å². The van der Waals surface area contributed by atoms with E-state index >= 15 is 0 Å². The van der Waals surface area contributed by atoms with Crippen molar-refractivity contribution in [3.63, 3.8) is 0 Å². The summed E-state index contributed by atoms with van der Waals surface area (Å²) in [6.45, 7) is 4.34. The Bertz CT molecular complexity index is 961. The zero-order valence-electron chi connectivity index (χ0n) is 15.2. The van der Waals surface area contributed by atoms with Crippen LogP contribution in [0.3, 0.4) is 0 Å². The molecule has 9 heteroatoms. The number of carbonyl (C=O) groups excluding carboxylic acids is 1. The predicted molar refractivity (Wildman–Crippen MR) is 125 cm³/mol. The van der Waals surface area contributed by atoms with Crippen LogP contribution in [0, 0.1) is 0 Å². The number of nitrogens with one attached hydrogen (secondary N) is 2. The molecule has 1 aromatic heterocycles. The van der Waals surface area contributed by atoms with Gasteiger partial charge in [-0.1, -0.05) is 65.0 Å². The van der Waals surface area contributed by atoms with Crippen molar-refractivity contribution in [1.82, 2.24) is 10.2 Å². The van der Waals surface area contributed by atoms with Crippen molar-refractivity contribution in [3.05, 3.63) is 57.0 Å². The summed E-state index contributed by atoms with van der Waals surface area (Å²) in [5.41, 5.74) is 3.00. The number of benzene rings is 2. The highest BCUT2D eigenvalue weighted by molar-refractivity contribution is 9.11. The predicted octanol–water partition coefficient (Wildman–Crippen LogP) is 6.66. The maximum absolute atomic E-state index is 12.2. The zero-order valence-corrected chi connectivity index (χ0v) is 20.0. The molecule has 5 nitrogen and oxygen atoms in total. The molecule has 2 aromatic carbocycles. The summed E-state index contributed by atoms with van der Waals surface area (Å²) >= 11 is 9.62. The van der Waals surface area contributed by atoms with Gasteiger partial charge in [-0.15, -0.1) is 10.2 Å². The molecule has 0 aliphatic carbocycles. The molecule has 1 heterocycles. The second-order valence-electron chi connectivity index (χ2n) is 6.24. The van der Waals surface area contributed by atoms with E-state index in [0.717, 1.165) is 24.7 Å². The highest BCUT2D eigenvalue weighted by Gasteiger charge is 2.10. The number of aromatic nitrogens is 2. The number of hydrogen-bond acceptors (Lipinski definition) is 6. The first-order chi connectivity index (χ1) is 13.4. The lowest BCUT2D eigenvalue weighted by atomic mass is 10.0. The molecule has 0 fully saturated rings. The van der Waals surface area contributed by atoms with Gasteiger partial charge >= 0.3 is 0 Å². The molecule has 28 heavy (non-hydrogen) atoms. The molecule has 2 N–H and O–H groups in total. The number of thioether (sulfide) groups is 1. The molecule has 0 radical (unpaired) electrons. The van der Waals surface area contributed by atoms with E-state index in [2.05, 4.69) is 78.7 Å². The number of carbonyl (C=O) groups is 1. The van der Waals surface area contributed by atoms with E-state index in [0.29, 0.717) is 11.0 Å². The Hall–Kier alpha value is -1.42. The molecule has 0 aliphatic heterocycles. The van der Waals surface area contributed by atoms with Crippen LogP contribution in [0.1, 0.15) is 25.3 Å². The topological polar surface area (TPSA) is 66.9 Å². The summed E-state index contributed by atoms with van der Waals surface area (Å²) < 4.78 is 2.51. The number of nitrogens with zero attached hydrogens (tertiary/aromatic N) is 2. The quantitative estimate of drug-likeness (QED) is 0.327. The van der Waals surface area contributed by atoms with Crippen LogP contribution in [0.5, 0.6) is 0 Å². The van der Waals surface area contributed by atoms with Gasteiger partial charge in [-0.3, -0.25) is 4.79 Å². The lowest BCUT2D eigenvalue weighted by Gasteiger charge is -2.07. The highest BCUT2D eigenvalue weighted by Crippen LogP contribution is 2.29. The molecule has 3 rings (SSSR count). The van der Waals surface area contributed by atoms with Crippen LogP contribution < -0.4 is 10.6 Å². The number of halogens is 2. The van der Waals surface area contributed by atoms with E-state index in [9.17, 15) is 4.79 Å². The van der Waals surface area contributed by atoms with Gasteiger partial charge < -0.3 is 10.6 Å². The largest absolute Gasteiger partial charge is 0.330 e. The van der Waals surface area contributed by atoms with Gasteiger partial charge in [-0.25, -0.2) is 0 Å². The van der Waals surface area contributed by atoms with Crippen molar-refractivity contribution in [2.24, 2.45) is 0 Å². The van der Waals surface area contributed by atoms with Gasteiger partial charge in [-0.2, -0.15) is 0 Å². The van der Waals surface area contributed by atoms with Crippen molar-refractivity contribution in [2.75, 3.05) is 16.4 Å². The Morgan fingerprint density at radius 2 is 1.89 bits per heavy atom. The van der Waals surface area contributed by atoms with E-state index in [1.165, 1.54) is 28.7 Å². The molecular formula is C19H18Br2N4OS2. The minimum absolute atomic E-state index is 0.0954. The monoisotopic (exact) mass is 540 g/mol. The minimum atomic E-state index is -0.0954. The van der Waals surface area contributed by atoms with E-state index < -0.39 is 0 Å². The average molecular weight is 542 g/mol. The zero-order chi connectivity index (χ0) is 20.1. The molecule has 0 aliphatic rings. The van der Waals surface area contributed by atoms with Crippen molar-refractivity contribution >= 4 is 77.4 Å². The SMILES string of the molecule is CC(C)c1ccc(Nc2nnc(SCC(=O)Nc3ccc(Br)cc3Br)s2)cc1. The van der Waals surface area contributed by atoms with Crippen molar-refractivity contribution in [3.8, 4) is 0 Å². The molecule has 1 amide bonds. The average Bonchev–Trinajstić information content (AvgIpc) is 3.10. The fourth-order valence-electron chi connectivity index (χ4n) is 2.30. The first kappa shape index (κ1) is 21.3. The summed E-state index contributed by atoms with van der Waals surface area (Å²) in [6.07, 6.45) is 0. The lowest BCUT2D eigenvalue weighted by Crippen LogP contribution is -2.14. The molecule has 146 valence electrons. The maximum Gasteiger partial charge on any atom is 0.234 e. The Morgan fingerprint density at radius 3 is 2.57 bits per heavy atom. The molecule has 0 spiro atoms. The van der Waals surface area contributed by atoms with E-state index in [4.69, 9.17) is 0 Å². The second-order valence-corrected chi connectivity index (χ2v) is 10.2. The second kappa shape index (κ2) is 9.87. The Kier molecular flexibility index (Phi) is 7.50. The first-order valence-corrected chi connectivity index (χ1v) is 11.9. The molecule has 0 bridgehead atoms. The fourth-order valence-corrected chi connectivity index (χ4v) is 5.02. The molecule has 3 aromatic rings. The van der Waals surface area contributed by atoms with E-state index in [1.807, 2.05) is 30.3 Å². The summed E-state index contributed by atoms with van der Waals surface area (Å²) in [7, 11) is 0. The highest BCUT2D eigenvalue weighted by atomic mass is 79.9. The van der Waals surface area contributed by atoms with Crippen LogP contribution in [0.25, 0.3) is 0 Å². The number of amides is 1. The van der Waals surface area contributed by atoms with Crippen LogP contribution in [-0.4, -0.2) is 21.9 Å². The van der Waals surface area contributed by atoms with Crippen LogP contribution in [0.2, 0.25) is 0 Å². The van der Waals surface area contributed by atoms with Crippen molar-refractivity contribution < 1.29 is 4.79 Å². The third-order valence-corrected chi connectivity index (χ3v) is 6.89. The molecule has 0 saturated carbocycles. The molecule has 0 atom stereocenters. The third kappa shape index (κ3) is 6.04. The number of anilines is 3. The number of rotatable bonds is 7. The van der Waals surface area contributed by atoms with Gasteiger partial charge in [0, 0.05) is 14.6 Å². The van der Waals surface area contributed by atoms with Crippen LogP contribution in [0.4, 0.5) is 16.5 Å². The summed E-state index contributed by atoms with van der Waals surface area (Å²) in [5.74, 6) is 0.671. The molecule has 0 unspecified atom stereocenters. The Balaban J connectivity index is 1.52. The normalized spacial score (nSPS) is 10.9. The summed E-state index contributed by atoms with van der Waals surface area (Å²) in [5, 5.41) is 15.1. The number of hydrogen-bond donors (Lipinski definition) is 2. The first-order valence-electron chi connectivity index (χ1n) is 8.49. The van der Waals surface area contributed by atoms with Gasteiger partial charge in [0.15, 0.2) is 4.34 Å². The fraction of sp³-hybridized carbons (Fsp3) is 0.211. The van der Waals surface area contributed by atoms with E-state index in [1.54, 1.807) is 0 Å². The van der Waals surface area contributed by atoms with Gasteiger partial charge in [0.25, 0.3) is 0 Å². The van der Waals surface area contributed by atoms with Gasteiger partial charge in [0.1, 0.15) is 0 Å². The maximum atomic E-state index is 12.2. The lowest BCUT2D eigenvalue weighted by molar-refractivity contribution is -0.113. The van der Waals surface area contributed by atoms with Crippen molar-refractivity contribution in [1.29, 1.82) is 0 Å². The Morgan fingerprint density at radius 1 is 1.14 bits per heavy atom. The van der Waals surface area contributed by atoms with Gasteiger partial charge in [-0.05, 0) is 57.7 Å². The van der Waals surface area contributed by atoms with Crippen LogP contribution >= 0.6 is 55.0 Å². The standard InChI is InChI=1S/C19H18Br2N4OS2/c1-11(2)12-3-6-14(7-4-12)22-18-24-25-19(28-18)27-10-17(26)23-16-8-5-13(20)9-15(16)21/h3-9,11H,10H2,1-2H3,(H,22,24)(H,23,26).